The number of fused-ring (bicyclic) bond motifs is 1. The molecule has 1 saturated heterocycles. The molecular weight excluding hydrogens is 328 g/mol. The number of H-pyrrole nitrogens is 1. The van der Waals surface area contributed by atoms with Crippen molar-refractivity contribution in [3.63, 3.8) is 0 Å². The van der Waals surface area contributed by atoms with E-state index >= 15 is 0 Å². The SMILES string of the molecule is CC(C)Cc1cc(CN2CCCC(Nc3ccc4c(c3)OCO4)C2)[nH]n1. The second-order valence-electron chi connectivity index (χ2n) is 7.77. The highest BCUT2D eigenvalue weighted by molar-refractivity contribution is 5.56. The van der Waals surface area contributed by atoms with Gasteiger partial charge in [0.05, 0.1) is 5.69 Å². The molecule has 1 unspecified atom stereocenters. The number of hydrogen-bond donors (Lipinski definition) is 2. The van der Waals surface area contributed by atoms with Gasteiger partial charge in [0.1, 0.15) is 0 Å². The molecule has 0 bridgehead atoms. The third-order valence-corrected chi connectivity index (χ3v) is 4.94. The molecule has 2 aromatic rings. The molecule has 0 radical (unpaired) electrons. The van der Waals surface area contributed by atoms with Gasteiger partial charge < -0.3 is 14.8 Å². The number of likely N-dealkylation sites (tertiary alicyclic amines) is 1. The summed E-state index contributed by atoms with van der Waals surface area (Å²) in [6.45, 7) is 7.88. The minimum atomic E-state index is 0.318. The number of piperidine rings is 1. The summed E-state index contributed by atoms with van der Waals surface area (Å²) in [6.07, 6.45) is 3.42. The van der Waals surface area contributed by atoms with Gasteiger partial charge in [-0.3, -0.25) is 10.00 Å². The Morgan fingerprint density at radius 2 is 2.15 bits per heavy atom. The van der Waals surface area contributed by atoms with E-state index in [4.69, 9.17) is 9.47 Å². The second kappa shape index (κ2) is 7.58. The zero-order valence-electron chi connectivity index (χ0n) is 15.6. The van der Waals surface area contributed by atoms with Crippen LogP contribution in [0.25, 0.3) is 0 Å². The summed E-state index contributed by atoms with van der Waals surface area (Å²) in [5, 5.41) is 11.3. The molecule has 1 atom stereocenters. The number of benzene rings is 1. The minimum absolute atomic E-state index is 0.318. The number of nitrogens with one attached hydrogen (secondary N) is 2. The Kier molecular flexibility index (Phi) is 5.02. The summed E-state index contributed by atoms with van der Waals surface area (Å²) < 4.78 is 10.9. The number of anilines is 1. The maximum Gasteiger partial charge on any atom is 0.231 e. The summed E-state index contributed by atoms with van der Waals surface area (Å²) in [4.78, 5) is 2.50. The molecule has 2 aliphatic rings. The van der Waals surface area contributed by atoms with E-state index in [0.717, 1.165) is 43.2 Å². The molecule has 140 valence electrons. The topological polar surface area (TPSA) is 62.4 Å². The molecule has 0 amide bonds. The molecule has 2 N–H and O–H groups in total. The van der Waals surface area contributed by atoms with Gasteiger partial charge in [0.15, 0.2) is 11.5 Å². The number of nitrogens with zero attached hydrogens (tertiary/aromatic N) is 2. The van der Waals surface area contributed by atoms with Gasteiger partial charge in [0.25, 0.3) is 0 Å². The van der Waals surface area contributed by atoms with Crippen molar-refractivity contribution in [3.05, 3.63) is 35.7 Å². The molecule has 4 rings (SSSR count). The maximum atomic E-state index is 5.47. The summed E-state index contributed by atoms with van der Waals surface area (Å²) in [5.41, 5.74) is 3.48. The predicted molar refractivity (Wildman–Crippen MR) is 102 cm³/mol. The molecule has 0 spiro atoms. The smallest absolute Gasteiger partial charge is 0.231 e. The lowest BCUT2D eigenvalue weighted by Gasteiger charge is -2.33. The van der Waals surface area contributed by atoms with Crippen LogP contribution >= 0.6 is 0 Å². The number of rotatable bonds is 6. The van der Waals surface area contributed by atoms with Crippen molar-refractivity contribution in [3.8, 4) is 11.5 Å². The molecule has 1 aromatic heterocycles. The highest BCUT2D eigenvalue weighted by Crippen LogP contribution is 2.34. The second-order valence-corrected chi connectivity index (χ2v) is 7.77. The van der Waals surface area contributed by atoms with Crippen LogP contribution in [0.1, 0.15) is 38.1 Å². The first-order valence-electron chi connectivity index (χ1n) is 9.57. The fourth-order valence-electron chi connectivity index (χ4n) is 3.79. The van der Waals surface area contributed by atoms with Crippen molar-refractivity contribution in [2.45, 2.75) is 45.7 Å². The Balaban J connectivity index is 1.33. The van der Waals surface area contributed by atoms with E-state index in [9.17, 15) is 0 Å². The highest BCUT2D eigenvalue weighted by atomic mass is 16.7. The lowest BCUT2D eigenvalue weighted by atomic mass is 10.0. The molecule has 2 aliphatic heterocycles. The molecule has 3 heterocycles. The van der Waals surface area contributed by atoms with E-state index in [2.05, 4.69) is 46.4 Å². The van der Waals surface area contributed by atoms with Gasteiger partial charge in [-0.05, 0) is 49.9 Å². The third-order valence-electron chi connectivity index (χ3n) is 4.94. The molecule has 1 fully saturated rings. The maximum absolute atomic E-state index is 5.47. The Labute approximate surface area is 154 Å². The summed E-state index contributed by atoms with van der Waals surface area (Å²) >= 11 is 0. The lowest BCUT2D eigenvalue weighted by Crippen LogP contribution is -2.41. The average Bonchev–Trinajstić information content (AvgIpc) is 3.23. The first-order valence-corrected chi connectivity index (χ1v) is 9.57. The van der Waals surface area contributed by atoms with E-state index in [1.165, 1.54) is 24.2 Å². The number of hydrogen-bond acceptors (Lipinski definition) is 5. The first kappa shape index (κ1) is 17.2. The lowest BCUT2D eigenvalue weighted by molar-refractivity contribution is 0.174. The van der Waals surface area contributed by atoms with Gasteiger partial charge >= 0.3 is 0 Å². The van der Waals surface area contributed by atoms with Gasteiger partial charge in [-0.2, -0.15) is 5.10 Å². The van der Waals surface area contributed by atoms with E-state index in [1.54, 1.807) is 0 Å². The molecular formula is C20H28N4O2. The van der Waals surface area contributed by atoms with E-state index in [-0.39, 0.29) is 0 Å². The fourth-order valence-corrected chi connectivity index (χ4v) is 3.79. The van der Waals surface area contributed by atoms with Crippen molar-refractivity contribution in [2.24, 2.45) is 5.92 Å². The molecule has 1 aromatic carbocycles. The number of aromatic nitrogens is 2. The van der Waals surface area contributed by atoms with Crippen LogP contribution in [-0.2, 0) is 13.0 Å². The van der Waals surface area contributed by atoms with Gasteiger partial charge in [0.2, 0.25) is 6.79 Å². The largest absolute Gasteiger partial charge is 0.454 e. The summed E-state index contributed by atoms with van der Waals surface area (Å²) in [7, 11) is 0. The molecule has 26 heavy (non-hydrogen) atoms. The number of aromatic amines is 1. The van der Waals surface area contributed by atoms with Crippen molar-refractivity contribution in [1.29, 1.82) is 0 Å². The summed E-state index contributed by atoms with van der Waals surface area (Å²) in [5.74, 6) is 2.30. The van der Waals surface area contributed by atoms with Crippen LogP contribution in [0.2, 0.25) is 0 Å². The van der Waals surface area contributed by atoms with E-state index < -0.39 is 0 Å². The van der Waals surface area contributed by atoms with Crippen molar-refractivity contribution in [2.75, 3.05) is 25.2 Å². The predicted octanol–water partition coefficient (Wildman–Crippen LogP) is 3.41. The quantitative estimate of drug-likeness (QED) is 0.830. The normalized spacial score (nSPS) is 19.9. The van der Waals surface area contributed by atoms with Crippen molar-refractivity contribution >= 4 is 5.69 Å². The van der Waals surface area contributed by atoms with Gasteiger partial charge in [-0.1, -0.05) is 13.8 Å². The zero-order chi connectivity index (χ0) is 17.9. The van der Waals surface area contributed by atoms with Crippen molar-refractivity contribution < 1.29 is 9.47 Å². The summed E-state index contributed by atoms with van der Waals surface area (Å²) in [6, 6.07) is 8.75. The molecule has 0 aliphatic carbocycles. The van der Waals surface area contributed by atoms with Gasteiger partial charge in [0, 0.05) is 36.6 Å². The van der Waals surface area contributed by atoms with E-state index in [1.807, 2.05) is 12.1 Å². The Morgan fingerprint density at radius 3 is 3.04 bits per heavy atom. The minimum Gasteiger partial charge on any atom is -0.454 e. The highest BCUT2D eigenvalue weighted by Gasteiger charge is 2.21. The van der Waals surface area contributed by atoms with Gasteiger partial charge in [-0.15, -0.1) is 0 Å². The fraction of sp³-hybridized carbons (Fsp3) is 0.550. The zero-order valence-corrected chi connectivity index (χ0v) is 15.6. The van der Waals surface area contributed by atoms with Crippen LogP contribution in [0.3, 0.4) is 0 Å². The van der Waals surface area contributed by atoms with Gasteiger partial charge in [-0.25, -0.2) is 0 Å². The van der Waals surface area contributed by atoms with Crippen LogP contribution in [0.15, 0.2) is 24.3 Å². The van der Waals surface area contributed by atoms with Crippen LogP contribution in [0.4, 0.5) is 5.69 Å². The van der Waals surface area contributed by atoms with Crippen LogP contribution < -0.4 is 14.8 Å². The molecule has 6 heteroatoms. The van der Waals surface area contributed by atoms with E-state index in [0.29, 0.717) is 18.8 Å². The average molecular weight is 356 g/mol. The monoisotopic (exact) mass is 356 g/mol. The Morgan fingerprint density at radius 1 is 1.27 bits per heavy atom. The Bertz CT molecular complexity index is 743. The van der Waals surface area contributed by atoms with Crippen LogP contribution in [0.5, 0.6) is 11.5 Å². The molecule has 6 nitrogen and oxygen atoms in total. The molecule has 0 saturated carbocycles. The standard InChI is InChI=1S/C20H28N4O2/c1-14(2)8-17-9-18(23-22-17)12-24-7-3-4-16(11-24)21-15-5-6-19-20(10-15)26-13-25-19/h5-6,9-10,14,16,21H,3-4,7-8,11-13H2,1-2H3,(H,22,23). The first-order chi connectivity index (χ1) is 12.7. The third kappa shape index (κ3) is 4.12. The van der Waals surface area contributed by atoms with Crippen LogP contribution in [-0.4, -0.2) is 41.0 Å². The van der Waals surface area contributed by atoms with Crippen LogP contribution in [0, 0.1) is 5.92 Å². The number of ether oxygens (including phenoxy) is 2. The Hall–Kier alpha value is -2.21. The van der Waals surface area contributed by atoms with Crippen molar-refractivity contribution in [1.82, 2.24) is 15.1 Å².